The van der Waals surface area contributed by atoms with Crippen molar-refractivity contribution >= 4 is 0 Å². The van der Waals surface area contributed by atoms with E-state index in [2.05, 4.69) is 49.3 Å². The Morgan fingerprint density at radius 1 is 0.900 bits per heavy atom. The van der Waals surface area contributed by atoms with E-state index in [9.17, 15) is 0 Å². The van der Waals surface area contributed by atoms with Gasteiger partial charge < -0.3 is 9.80 Å². The maximum Gasteiger partial charge on any atom is 0.0198 e. The van der Waals surface area contributed by atoms with Gasteiger partial charge in [0.15, 0.2) is 0 Å². The minimum atomic E-state index is 0.696. The van der Waals surface area contributed by atoms with Crippen molar-refractivity contribution in [3.63, 3.8) is 0 Å². The Kier molecular flexibility index (Phi) is 5.88. The van der Waals surface area contributed by atoms with E-state index in [-0.39, 0.29) is 0 Å². The van der Waals surface area contributed by atoms with E-state index in [4.69, 9.17) is 0 Å². The molecular formula is C17H35N3. The quantitative estimate of drug-likeness (QED) is 0.784. The number of hydrogen-bond donors (Lipinski definition) is 0. The third-order valence-corrected chi connectivity index (χ3v) is 5.32. The Bertz CT molecular complexity index is 282. The van der Waals surface area contributed by atoms with Gasteiger partial charge in [0.1, 0.15) is 0 Å². The van der Waals surface area contributed by atoms with Gasteiger partial charge in [-0.2, -0.15) is 0 Å². The number of piperazine rings is 1. The minimum absolute atomic E-state index is 0.696. The van der Waals surface area contributed by atoms with Crippen LogP contribution in [0.15, 0.2) is 0 Å². The predicted molar refractivity (Wildman–Crippen MR) is 87.2 cm³/mol. The number of piperidine rings is 1. The van der Waals surface area contributed by atoms with E-state index in [0.29, 0.717) is 6.04 Å². The van der Waals surface area contributed by atoms with Crippen LogP contribution in [0.3, 0.4) is 0 Å². The van der Waals surface area contributed by atoms with Crippen LogP contribution in [-0.4, -0.2) is 72.1 Å². The number of nitrogens with zero attached hydrogens (tertiary/aromatic N) is 3. The van der Waals surface area contributed by atoms with Crippen LogP contribution in [0.5, 0.6) is 0 Å². The molecule has 3 nitrogen and oxygen atoms in total. The first kappa shape index (κ1) is 16.3. The smallest absolute Gasteiger partial charge is 0.0198 e. The molecule has 0 aliphatic carbocycles. The zero-order valence-electron chi connectivity index (χ0n) is 14.3. The van der Waals surface area contributed by atoms with Crippen molar-refractivity contribution in [2.24, 2.45) is 5.92 Å². The summed E-state index contributed by atoms with van der Waals surface area (Å²) in [4.78, 5) is 8.01. The number of rotatable bonds is 4. The Hall–Kier alpha value is -0.120. The van der Waals surface area contributed by atoms with Gasteiger partial charge in [0.05, 0.1) is 0 Å². The van der Waals surface area contributed by atoms with Crippen LogP contribution in [0.2, 0.25) is 0 Å². The molecule has 0 unspecified atom stereocenters. The topological polar surface area (TPSA) is 9.72 Å². The van der Waals surface area contributed by atoms with Gasteiger partial charge in [-0.05, 0) is 66.5 Å². The van der Waals surface area contributed by atoms with E-state index >= 15 is 0 Å². The predicted octanol–water partition coefficient (Wildman–Crippen LogP) is 2.52. The van der Waals surface area contributed by atoms with E-state index in [1.807, 2.05) is 0 Å². The highest BCUT2D eigenvalue weighted by atomic mass is 15.3. The second-order valence-electron chi connectivity index (χ2n) is 7.51. The number of likely N-dealkylation sites (tertiary alicyclic amines) is 1. The van der Waals surface area contributed by atoms with Crippen molar-refractivity contribution in [2.75, 3.05) is 39.3 Å². The van der Waals surface area contributed by atoms with E-state index in [1.54, 1.807) is 0 Å². The molecule has 0 bridgehead atoms. The molecule has 2 saturated heterocycles. The third kappa shape index (κ3) is 4.19. The molecular weight excluding hydrogens is 246 g/mol. The largest absolute Gasteiger partial charge is 0.301 e. The Morgan fingerprint density at radius 3 is 2.05 bits per heavy atom. The third-order valence-electron chi connectivity index (χ3n) is 5.32. The lowest BCUT2D eigenvalue weighted by Crippen LogP contribution is -2.55. The molecule has 2 fully saturated rings. The average Bonchev–Trinajstić information content (AvgIpc) is 2.39. The summed E-state index contributed by atoms with van der Waals surface area (Å²) in [6.07, 6.45) is 2.80. The second kappa shape index (κ2) is 7.24. The van der Waals surface area contributed by atoms with Crippen molar-refractivity contribution in [1.29, 1.82) is 0 Å². The van der Waals surface area contributed by atoms with Crippen LogP contribution in [0, 0.1) is 5.92 Å². The maximum atomic E-state index is 2.72. The van der Waals surface area contributed by atoms with Crippen LogP contribution < -0.4 is 0 Å². The fraction of sp³-hybridized carbons (Fsp3) is 1.00. The van der Waals surface area contributed by atoms with Crippen molar-refractivity contribution in [3.05, 3.63) is 0 Å². The summed E-state index contributed by atoms with van der Waals surface area (Å²) in [7, 11) is 0. The normalized spacial score (nSPS) is 28.6. The molecule has 3 heteroatoms. The Balaban J connectivity index is 1.73. The first-order valence-electron chi connectivity index (χ1n) is 8.69. The summed E-state index contributed by atoms with van der Waals surface area (Å²) in [5.41, 5.74) is 0. The monoisotopic (exact) mass is 281 g/mol. The zero-order valence-corrected chi connectivity index (χ0v) is 14.3. The summed E-state index contributed by atoms with van der Waals surface area (Å²) in [5, 5.41) is 0. The van der Waals surface area contributed by atoms with Crippen molar-refractivity contribution in [2.45, 2.75) is 65.6 Å². The summed E-state index contributed by atoms with van der Waals surface area (Å²) in [6, 6.07) is 2.14. The Morgan fingerprint density at radius 2 is 1.55 bits per heavy atom. The van der Waals surface area contributed by atoms with Crippen LogP contribution >= 0.6 is 0 Å². The summed E-state index contributed by atoms with van der Waals surface area (Å²) in [6.45, 7) is 19.4. The highest BCUT2D eigenvalue weighted by Crippen LogP contribution is 2.22. The van der Waals surface area contributed by atoms with Crippen LogP contribution in [-0.2, 0) is 0 Å². The molecule has 0 saturated carbocycles. The fourth-order valence-corrected chi connectivity index (χ4v) is 4.00. The van der Waals surface area contributed by atoms with E-state index < -0.39 is 0 Å². The highest BCUT2D eigenvalue weighted by Gasteiger charge is 2.28. The molecule has 0 aromatic heterocycles. The summed E-state index contributed by atoms with van der Waals surface area (Å²) >= 11 is 0. The first-order valence-corrected chi connectivity index (χ1v) is 8.69. The molecule has 0 radical (unpaired) electrons. The molecule has 0 N–H and O–H groups in total. The average molecular weight is 281 g/mol. The van der Waals surface area contributed by atoms with Crippen LogP contribution in [0.1, 0.15) is 47.5 Å². The van der Waals surface area contributed by atoms with Crippen LogP contribution in [0.25, 0.3) is 0 Å². The van der Waals surface area contributed by atoms with Gasteiger partial charge in [-0.25, -0.2) is 0 Å². The Labute approximate surface area is 126 Å². The molecule has 2 heterocycles. The summed E-state index contributed by atoms with van der Waals surface area (Å²) in [5.74, 6) is 0.933. The number of hydrogen-bond acceptors (Lipinski definition) is 3. The molecule has 118 valence electrons. The second-order valence-corrected chi connectivity index (χ2v) is 7.51. The fourth-order valence-electron chi connectivity index (χ4n) is 4.00. The van der Waals surface area contributed by atoms with Crippen molar-refractivity contribution < 1.29 is 0 Å². The molecule has 0 aromatic rings. The van der Waals surface area contributed by atoms with Gasteiger partial charge in [-0.15, -0.1) is 0 Å². The summed E-state index contributed by atoms with van der Waals surface area (Å²) < 4.78 is 0. The molecule has 1 atom stereocenters. The van der Waals surface area contributed by atoms with Gasteiger partial charge in [-0.3, -0.25) is 4.90 Å². The zero-order chi connectivity index (χ0) is 14.7. The lowest BCUT2D eigenvalue weighted by molar-refractivity contribution is 0.0417. The van der Waals surface area contributed by atoms with E-state index in [0.717, 1.165) is 18.0 Å². The molecule has 20 heavy (non-hydrogen) atoms. The molecule has 0 aromatic carbocycles. The maximum absolute atomic E-state index is 2.72. The molecule has 0 amide bonds. The minimum Gasteiger partial charge on any atom is -0.301 e. The molecule has 2 aliphatic heterocycles. The van der Waals surface area contributed by atoms with Crippen molar-refractivity contribution in [1.82, 2.24) is 14.7 Å². The standard InChI is InChI=1S/C17H35N3/c1-14(2)19-8-6-17(7-9-19)13-18-10-11-20(15(3)4)16(5)12-18/h14-17H,6-13H2,1-5H3/t16-/m1/s1. The van der Waals surface area contributed by atoms with Crippen molar-refractivity contribution in [3.8, 4) is 0 Å². The molecule has 2 rings (SSSR count). The lowest BCUT2D eigenvalue weighted by atomic mass is 9.95. The van der Waals surface area contributed by atoms with Gasteiger partial charge in [-0.1, -0.05) is 0 Å². The van der Waals surface area contributed by atoms with E-state index in [1.165, 1.54) is 52.1 Å². The van der Waals surface area contributed by atoms with Gasteiger partial charge in [0.25, 0.3) is 0 Å². The van der Waals surface area contributed by atoms with Crippen LogP contribution in [0.4, 0.5) is 0 Å². The highest BCUT2D eigenvalue weighted by molar-refractivity contribution is 4.84. The first-order chi connectivity index (χ1) is 9.47. The van der Waals surface area contributed by atoms with Gasteiger partial charge in [0.2, 0.25) is 0 Å². The van der Waals surface area contributed by atoms with Gasteiger partial charge in [0, 0.05) is 44.3 Å². The van der Waals surface area contributed by atoms with Gasteiger partial charge >= 0.3 is 0 Å². The lowest BCUT2D eigenvalue weighted by Gasteiger charge is -2.44. The SMILES string of the molecule is CC(C)N1CCC(CN2CCN(C(C)C)[C@H](C)C2)CC1. The molecule has 0 spiro atoms. The molecule has 2 aliphatic rings.